The molecule has 0 aliphatic carbocycles. The molecule has 4 heteroatoms. The maximum absolute atomic E-state index is 3.51. The van der Waals surface area contributed by atoms with Crippen LogP contribution in [0.15, 0.2) is 12.7 Å². The zero-order valence-corrected chi connectivity index (χ0v) is 8.93. The summed E-state index contributed by atoms with van der Waals surface area (Å²) in [5.41, 5.74) is 0. The van der Waals surface area contributed by atoms with Crippen LogP contribution in [0.2, 0.25) is 5.02 Å². The van der Waals surface area contributed by atoms with Crippen molar-refractivity contribution >= 4 is 0 Å². The molecule has 0 heterocycles. The molecule has 34 valence electrons. The second-order valence-electron chi connectivity index (χ2n) is 0.577. The number of hydrogen-bond acceptors (Lipinski definition) is 0. The normalized spacial score (nSPS) is 3.71. The Balaban J connectivity index is -0.0000000150. The molecule has 0 aliphatic rings. The molecule has 0 bridgehead atoms. The summed E-state index contributed by atoms with van der Waals surface area (Å²) in [6, 6.07) is 0. The monoisotopic (exact) mass is 182 g/mol. The summed E-state index contributed by atoms with van der Waals surface area (Å²) in [7, 11) is 0. The van der Waals surface area contributed by atoms with E-state index >= 15 is 0 Å². The minimum atomic E-state index is 0. The first-order valence-electron chi connectivity index (χ1n) is 1.32. The van der Waals surface area contributed by atoms with E-state index < -0.39 is 0 Å². The Bertz CT molecular complexity index is 26.9. The molecule has 0 aliphatic heterocycles. The van der Waals surface area contributed by atoms with E-state index in [1.807, 2.05) is 6.08 Å². The Kier molecular flexibility index (Phi) is 86.6. The van der Waals surface area contributed by atoms with Gasteiger partial charge in [0.25, 0.3) is 0 Å². The van der Waals surface area contributed by atoms with Crippen LogP contribution in [0.5, 0.6) is 0 Å². The van der Waals surface area contributed by atoms with Crippen molar-refractivity contribution in [3.8, 4) is 0 Å². The number of allylic oxidation sites excluding steroid dienone is 1. The first-order chi connectivity index (χ1) is 1.91. The SMILES string of the molecule is C=C[CH2][Zn+].[Cl-].[Cl-].[Li+]. The van der Waals surface area contributed by atoms with Crippen LogP contribution in [0, 0.1) is 0 Å². The van der Waals surface area contributed by atoms with Crippen LogP contribution in [0.3, 0.4) is 0 Å². The van der Waals surface area contributed by atoms with Gasteiger partial charge in [-0.3, -0.25) is 0 Å². The van der Waals surface area contributed by atoms with E-state index in [1.54, 1.807) is 0 Å². The van der Waals surface area contributed by atoms with Gasteiger partial charge >= 0.3 is 54.8 Å². The predicted octanol–water partition coefficient (Wildman–Crippen LogP) is -7.85. The van der Waals surface area contributed by atoms with Gasteiger partial charge in [0, 0.05) is 0 Å². The van der Waals surface area contributed by atoms with Crippen molar-refractivity contribution in [2.24, 2.45) is 0 Å². The molecule has 0 saturated heterocycles. The third kappa shape index (κ3) is 35.9. The molecular weight excluding hydrogens is 179 g/mol. The molecule has 0 saturated carbocycles. The fourth-order valence-corrected chi connectivity index (χ4v) is 0. The fraction of sp³-hybridized carbons (Fsp3) is 0.333. The summed E-state index contributed by atoms with van der Waals surface area (Å²) < 4.78 is 0. The van der Waals surface area contributed by atoms with E-state index in [4.69, 9.17) is 0 Å². The van der Waals surface area contributed by atoms with Crippen molar-refractivity contribution in [3.63, 3.8) is 0 Å². The topological polar surface area (TPSA) is 0 Å². The van der Waals surface area contributed by atoms with Crippen molar-refractivity contribution < 1.29 is 62.0 Å². The number of hydrogen-bond donors (Lipinski definition) is 0. The second-order valence-corrected chi connectivity index (χ2v) is 1.79. The maximum Gasteiger partial charge on any atom is 1.00 e. The molecule has 0 unspecified atom stereocenters. The molecule has 0 radical (unpaired) electrons. The maximum atomic E-state index is 3.51. The molecular formula is C3H5Cl2LiZn. The first kappa shape index (κ1) is 23.6. The molecule has 0 nitrogen and oxygen atoms in total. The fourth-order valence-electron chi connectivity index (χ4n) is 0. The molecule has 7 heavy (non-hydrogen) atoms. The van der Waals surface area contributed by atoms with Crippen LogP contribution in [-0.4, -0.2) is 0 Å². The average molecular weight is 184 g/mol. The van der Waals surface area contributed by atoms with E-state index in [9.17, 15) is 0 Å². The van der Waals surface area contributed by atoms with Gasteiger partial charge in [0.15, 0.2) is 0 Å². The largest absolute Gasteiger partial charge is 1.00 e. The van der Waals surface area contributed by atoms with Crippen LogP contribution in [0.4, 0.5) is 0 Å². The van der Waals surface area contributed by atoms with Gasteiger partial charge in [-0.25, -0.2) is 0 Å². The smallest absolute Gasteiger partial charge is 1.00 e. The van der Waals surface area contributed by atoms with Crippen molar-refractivity contribution in [3.05, 3.63) is 12.7 Å². The molecule has 0 N–H and O–H groups in total. The third-order valence-electron chi connectivity index (χ3n) is 0.204. The molecule has 0 aromatic carbocycles. The Morgan fingerprint density at radius 1 is 1.43 bits per heavy atom. The van der Waals surface area contributed by atoms with Gasteiger partial charge in [-0.05, 0) is 0 Å². The summed E-state index contributed by atoms with van der Waals surface area (Å²) in [4.78, 5) is 0. The van der Waals surface area contributed by atoms with Crippen LogP contribution in [-0.2, 0) is 18.3 Å². The minimum absolute atomic E-state index is 0. The zero-order valence-electron chi connectivity index (χ0n) is 4.45. The van der Waals surface area contributed by atoms with Crippen LogP contribution in [0.1, 0.15) is 0 Å². The minimum Gasteiger partial charge on any atom is -1.00 e. The summed E-state index contributed by atoms with van der Waals surface area (Å²) in [5.74, 6) is 0. The van der Waals surface area contributed by atoms with Crippen LogP contribution in [0.25, 0.3) is 0 Å². The van der Waals surface area contributed by atoms with Crippen molar-refractivity contribution in [2.45, 2.75) is 5.02 Å². The third-order valence-corrected chi connectivity index (χ3v) is 1.06. The molecule has 0 fully saturated rings. The van der Waals surface area contributed by atoms with Gasteiger partial charge in [0.2, 0.25) is 0 Å². The van der Waals surface area contributed by atoms with Gasteiger partial charge in [0.05, 0.1) is 0 Å². The standard InChI is InChI=1S/C3H5.2ClH.Li.Zn/c1-3-2;;;;/h3H,1-2H2;2*1H;;/q;;;2*+1/p-2. The second kappa shape index (κ2) is 25.7. The number of halogens is 2. The molecule has 0 aromatic heterocycles. The average Bonchev–Trinajstić information content (AvgIpc) is 1.37. The quantitative estimate of drug-likeness (QED) is 0.280. The van der Waals surface area contributed by atoms with E-state index in [0.29, 0.717) is 0 Å². The number of rotatable bonds is 1. The Morgan fingerprint density at radius 3 is 1.57 bits per heavy atom. The van der Waals surface area contributed by atoms with E-state index in [0.717, 1.165) is 0 Å². The predicted molar refractivity (Wildman–Crippen MR) is 15.0 cm³/mol. The van der Waals surface area contributed by atoms with Gasteiger partial charge < -0.3 is 24.8 Å². The summed E-state index contributed by atoms with van der Waals surface area (Å²) in [5, 5.41) is 1.21. The summed E-state index contributed by atoms with van der Waals surface area (Å²) in [6.07, 6.45) is 1.93. The van der Waals surface area contributed by atoms with Crippen molar-refractivity contribution in [1.82, 2.24) is 0 Å². The molecule has 0 atom stereocenters. The van der Waals surface area contributed by atoms with Crippen molar-refractivity contribution in [2.75, 3.05) is 0 Å². The first-order valence-corrected chi connectivity index (χ1v) is 3.41. The van der Waals surface area contributed by atoms with Gasteiger partial charge in [-0.15, -0.1) is 0 Å². The molecule has 0 amide bonds. The van der Waals surface area contributed by atoms with Gasteiger partial charge in [-0.1, -0.05) is 0 Å². The molecule has 0 rings (SSSR count). The van der Waals surface area contributed by atoms with E-state index in [2.05, 4.69) is 6.58 Å². The Labute approximate surface area is 79.2 Å². The van der Waals surface area contributed by atoms with Gasteiger partial charge in [-0.2, -0.15) is 0 Å². The van der Waals surface area contributed by atoms with Crippen LogP contribution < -0.4 is 43.7 Å². The Morgan fingerprint density at radius 2 is 1.57 bits per heavy atom. The Hall–Kier alpha value is 1.54. The zero-order chi connectivity index (χ0) is 3.41. The molecule has 0 spiro atoms. The van der Waals surface area contributed by atoms with Crippen molar-refractivity contribution in [1.29, 1.82) is 0 Å². The molecule has 0 aromatic rings. The van der Waals surface area contributed by atoms with Gasteiger partial charge in [0.1, 0.15) is 0 Å². The van der Waals surface area contributed by atoms with E-state index in [1.165, 1.54) is 23.3 Å². The van der Waals surface area contributed by atoms with Crippen LogP contribution >= 0.6 is 0 Å². The summed E-state index contributed by atoms with van der Waals surface area (Å²) >= 11 is 1.35. The summed E-state index contributed by atoms with van der Waals surface area (Å²) in [6.45, 7) is 3.51. The van der Waals surface area contributed by atoms with E-state index in [-0.39, 0.29) is 43.7 Å².